The van der Waals surface area contributed by atoms with E-state index in [0.717, 1.165) is 5.69 Å². The topological polar surface area (TPSA) is 115 Å². The molecule has 0 aromatic heterocycles. The number of rotatable bonds is 9. The molecule has 1 atom stereocenters. The highest BCUT2D eigenvalue weighted by Crippen LogP contribution is 2.24. The standard InChI is InChI=1S/C16H21N5O4/c1-12(23)19-8-15-9-21(16(24)25-15)14-4-2-13(3-5-14)20(10-17)7-6-18-11-22/h2-5,10-11,15,17H,6-9H2,1H3,(H,18,22)(H,19,23). The molecule has 1 unspecified atom stereocenters. The Morgan fingerprint density at radius 3 is 2.76 bits per heavy atom. The molecule has 1 heterocycles. The molecule has 0 bridgehead atoms. The minimum atomic E-state index is -0.456. The van der Waals surface area contributed by atoms with Crippen LogP contribution in [0.4, 0.5) is 16.2 Å². The Morgan fingerprint density at radius 1 is 1.44 bits per heavy atom. The van der Waals surface area contributed by atoms with Gasteiger partial charge >= 0.3 is 6.09 Å². The van der Waals surface area contributed by atoms with Gasteiger partial charge in [-0.2, -0.15) is 0 Å². The number of cyclic esters (lactones) is 1. The van der Waals surface area contributed by atoms with Gasteiger partial charge in [0.1, 0.15) is 6.10 Å². The van der Waals surface area contributed by atoms with Gasteiger partial charge in [0.15, 0.2) is 0 Å². The van der Waals surface area contributed by atoms with Crippen LogP contribution in [0.5, 0.6) is 0 Å². The summed E-state index contributed by atoms with van der Waals surface area (Å²) in [5.74, 6) is -0.172. The van der Waals surface area contributed by atoms with Crippen molar-refractivity contribution >= 4 is 36.1 Å². The number of amides is 3. The normalized spacial score (nSPS) is 16.1. The minimum absolute atomic E-state index is 0.172. The second-order valence-corrected chi connectivity index (χ2v) is 5.46. The smallest absolute Gasteiger partial charge is 0.414 e. The maximum atomic E-state index is 12.0. The first-order chi connectivity index (χ1) is 12.0. The zero-order chi connectivity index (χ0) is 18.2. The molecule has 2 rings (SSSR count). The minimum Gasteiger partial charge on any atom is -0.442 e. The van der Waals surface area contributed by atoms with E-state index in [4.69, 9.17) is 10.1 Å². The number of hydrogen-bond acceptors (Lipinski definition) is 5. The van der Waals surface area contributed by atoms with Gasteiger partial charge in [-0.25, -0.2) is 4.79 Å². The molecule has 1 saturated heterocycles. The third-order valence-corrected chi connectivity index (χ3v) is 3.68. The molecule has 0 radical (unpaired) electrons. The second-order valence-electron chi connectivity index (χ2n) is 5.46. The molecule has 134 valence electrons. The van der Waals surface area contributed by atoms with Crippen molar-refractivity contribution in [2.45, 2.75) is 13.0 Å². The van der Waals surface area contributed by atoms with Gasteiger partial charge in [0, 0.05) is 31.4 Å². The van der Waals surface area contributed by atoms with E-state index < -0.39 is 6.09 Å². The number of carbonyl (C=O) groups excluding carboxylic acids is 3. The number of ether oxygens (including phenoxy) is 1. The Bertz CT molecular complexity index is 634. The van der Waals surface area contributed by atoms with Crippen LogP contribution in [-0.2, 0) is 14.3 Å². The first-order valence-corrected chi connectivity index (χ1v) is 7.82. The van der Waals surface area contributed by atoms with Gasteiger partial charge in [-0.05, 0) is 24.3 Å². The summed E-state index contributed by atoms with van der Waals surface area (Å²) in [5, 5.41) is 12.6. The van der Waals surface area contributed by atoms with Gasteiger partial charge in [0.25, 0.3) is 0 Å². The molecule has 9 heteroatoms. The van der Waals surface area contributed by atoms with Gasteiger partial charge in [-0.1, -0.05) is 0 Å². The number of nitrogens with one attached hydrogen (secondary N) is 3. The molecule has 1 fully saturated rings. The molecule has 1 aromatic rings. The lowest BCUT2D eigenvalue weighted by Crippen LogP contribution is -2.33. The zero-order valence-electron chi connectivity index (χ0n) is 13.9. The molecular formula is C16H21N5O4. The van der Waals surface area contributed by atoms with Gasteiger partial charge in [-0.3, -0.25) is 19.9 Å². The molecular weight excluding hydrogens is 326 g/mol. The van der Waals surface area contributed by atoms with Gasteiger partial charge in [0.2, 0.25) is 12.3 Å². The molecule has 1 aliphatic rings. The summed E-state index contributed by atoms with van der Waals surface area (Å²) >= 11 is 0. The molecule has 1 aliphatic heterocycles. The van der Waals surface area contributed by atoms with Crippen molar-refractivity contribution in [2.75, 3.05) is 36.0 Å². The quantitative estimate of drug-likeness (QED) is 0.257. The Morgan fingerprint density at radius 2 is 2.16 bits per heavy atom. The molecule has 1 aromatic carbocycles. The van der Waals surface area contributed by atoms with Crippen molar-refractivity contribution in [3.63, 3.8) is 0 Å². The third kappa shape index (κ3) is 4.93. The SMILES string of the molecule is CC(=O)NCC1CN(c2ccc(N(C=N)CCNC=O)cc2)C(=O)O1. The van der Waals surface area contributed by atoms with Gasteiger partial charge in [0.05, 0.1) is 19.4 Å². The van der Waals surface area contributed by atoms with Crippen molar-refractivity contribution < 1.29 is 19.1 Å². The lowest BCUT2D eigenvalue weighted by atomic mass is 10.2. The summed E-state index contributed by atoms with van der Waals surface area (Å²) in [4.78, 5) is 36.4. The van der Waals surface area contributed by atoms with Gasteiger partial charge in [-0.15, -0.1) is 0 Å². The average Bonchev–Trinajstić information content (AvgIpc) is 2.98. The first kappa shape index (κ1) is 18.2. The summed E-state index contributed by atoms with van der Waals surface area (Å²) in [6, 6.07) is 7.10. The van der Waals surface area contributed by atoms with Gasteiger partial charge < -0.3 is 20.3 Å². The first-order valence-electron chi connectivity index (χ1n) is 7.82. The van der Waals surface area contributed by atoms with Crippen molar-refractivity contribution in [3.8, 4) is 0 Å². The van der Waals surface area contributed by atoms with Crippen LogP contribution in [0.15, 0.2) is 24.3 Å². The Kier molecular flexibility index (Phi) is 6.33. The number of carbonyl (C=O) groups is 3. The number of nitrogens with zero attached hydrogens (tertiary/aromatic N) is 2. The summed E-state index contributed by atoms with van der Waals surface area (Å²) in [6.45, 7) is 2.93. The van der Waals surface area contributed by atoms with E-state index >= 15 is 0 Å². The Labute approximate surface area is 145 Å². The molecule has 0 spiro atoms. The summed E-state index contributed by atoms with van der Waals surface area (Å²) in [6.07, 6.45) is 0.946. The molecule has 3 N–H and O–H groups in total. The Hall–Kier alpha value is -3.10. The van der Waals surface area contributed by atoms with Crippen LogP contribution in [-0.4, -0.2) is 57.0 Å². The average molecular weight is 347 g/mol. The van der Waals surface area contributed by atoms with E-state index in [9.17, 15) is 14.4 Å². The summed E-state index contributed by atoms with van der Waals surface area (Å²) < 4.78 is 5.23. The van der Waals surface area contributed by atoms with Crippen LogP contribution in [0.1, 0.15) is 6.92 Å². The monoisotopic (exact) mass is 347 g/mol. The highest BCUT2D eigenvalue weighted by molar-refractivity contribution is 5.90. The summed E-state index contributed by atoms with van der Waals surface area (Å²) in [7, 11) is 0. The molecule has 25 heavy (non-hydrogen) atoms. The fourth-order valence-electron chi connectivity index (χ4n) is 2.43. The van der Waals surface area contributed by atoms with E-state index in [-0.39, 0.29) is 18.6 Å². The lowest BCUT2D eigenvalue weighted by molar-refractivity contribution is -0.119. The largest absolute Gasteiger partial charge is 0.442 e. The Balaban J connectivity index is 1.99. The van der Waals surface area contributed by atoms with Crippen molar-refractivity contribution in [1.29, 1.82) is 5.41 Å². The van der Waals surface area contributed by atoms with Crippen LogP contribution in [0.2, 0.25) is 0 Å². The highest BCUT2D eigenvalue weighted by Gasteiger charge is 2.32. The van der Waals surface area contributed by atoms with Crippen molar-refractivity contribution in [2.24, 2.45) is 0 Å². The van der Waals surface area contributed by atoms with Crippen LogP contribution in [0, 0.1) is 5.41 Å². The van der Waals surface area contributed by atoms with Crippen molar-refractivity contribution in [1.82, 2.24) is 10.6 Å². The van der Waals surface area contributed by atoms with Crippen LogP contribution < -0.4 is 20.4 Å². The van der Waals surface area contributed by atoms with E-state index in [2.05, 4.69) is 10.6 Å². The highest BCUT2D eigenvalue weighted by atomic mass is 16.6. The number of benzene rings is 1. The maximum absolute atomic E-state index is 12.0. The van der Waals surface area contributed by atoms with E-state index in [0.29, 0.717) is 31.7 Å². The lowest BCUT2D eigenvalue weighted by Gasteiger charge is -2.20. The fraction of sp³-hybridized carbons (Fsp3) is 0.375. The van der Waals surface area contributed by atoms with Crippen LogP contribution in [0.25, 0.3) is 0 Å². The van der Waals surface area contributed by atoms with Crippen LogP contribution in [0.3, 0.4) is 0 Å². The van der Waals surface area contributed by atoms with E-state index in [1.807, 2.05) is 0 Å². The number of anilines is 2. The molecule has 9 nitrogen and oxygen atoms in total. The van der Waals surface area contributed by atoms with E-state index in [1.165, 1.54) is 18.2 Å². The predicted molar refractivity (Wildman–Crippen MR) is 92.9 cm³/mol. The maximum Gasteiger partial charge on any atom is 0.414 e. The molecule has 0 saturated carbocycles. The predicted octanol–water partition coefficient (Wildman–Crippen LogP) is 0.307. The van der Waals surface area contributed by atoms with Crippen LogP contribution >= 0.6 is 0 Å². The number of hydrogen-bond donors (Lipinski definition) is 3. The fourth-order valence-corrected chi connectivity index (χ4v) is 2.43. The van der Waals surface area contributed by atoms with Crippen molar-refractivity contribution in [3.05, 3.63) is 24.3 Å². The molecule has 3 amide bonds. The zero-order valence-corrected chi connectivity index (χ0v) is 13.9. The third-order valence-electron chi connectivity index (χ3n) is 3.68. The second kappa shape index (κ2) is 8.67. The summed E-state index contributed by atoms with van der Waals surface area (Å²) in [5.41, 5.74) is 1.45. The van der Waals surface area contributed by atoms with E-state index in [1.54, 1.807) is 29.2 Å². The molecule has 0 aliphatic carbocycles.